The lowest BCUT2D eigenvalue weighted by atomic mass is 9.91. The molecule has 1 heterocycles. The second-order valence-electron chi connectivity index (χ2n) is 7.88. The van der Waals surface area contributed by atoms with E-state index < -0.39 is 23.4 Å². The fourth-order valence-corrected chi connectivity index (χ4v) is 3.52. The van der Waals surface area contributed by atoms with Gasteiger partial charge in [0.25, 0.3) is 5.91 Å². The molecule has 158 valence electrons. The molecule has 0 saturated carbocycles. The van der Waals surface area contributed by atoms with E-state index in [4.69, 9.17) is 0 Å². The van der Waals surface area contributed by atoms with Crippen molar-refractivity contribution >= 4 is 29.2 Å². The van der Waals surface area contributed by atoms with E-state index in [1.807, 2.05) is 55.4 Å². The Morgan fingerprint density at radius 1 is 1.07 bits per heavy atom. The Morgan fingerprint density at radius 3 is 2.27 bits per heavy atom. The lowest BCUT2D eigenvalue weighted by Gasteiger charge is -2.22. The van der Waals surface area contributed by atoms with Gasteiger partial charge in [-0.1, -0.05) is 37.6 Å². The first kappa shape index (κ1) is 21.4. The summed E-state index contributed by atoms with van der Waals surface area (Å²) in [6.07, 6.45) is 1.99. The highest BCUT2D eigenvalue weighted by Crippen LogP contribution is 2.29. The molecule has 2 aromatic rings. The largest absolute Gasteiger partial charge is 0.378 e. The minimum absolute atomic E-state index is 0.344. The molecule has 4 amide bonds. The third kappa shape index (κ3) is 4.30. The number of carbonyl (C=O) groups is 3. The highest BCUT2D eigenvalue weighted by molar-refractivity contribution is 6.10. The molecule has 1 atom stereocenters. The Kier molecular flexibility index (Phi) is 6.10. The van der Waals surface area contributed by atoms with Gasteiger partial charge in [-0.05, 0) is 48.7 Å². The van der Waals surface area contributed by atoms with Crippen LogP contribution in [-0.2, 0) is 21.5 Å². The average molecular weight is 409 g/mol. The number of carbonyl (C=O) groups excluding carboxylic acids is 3. The Balaban J connectivity index is 1.68. The summed E-state index contributed by atoms with van der Waals surface area (Å²) in [6, 6.07) is 14.4. The van der Waals surface area contributed by atoms with Gasteiger partial charge in [-0.3, -0.25) is 14.5 Å². The van der Waals surface area contributed by atoms with Crippen LogP contribution in [0.15, 0.2) is 48.5 Å². The Hall–Kier alpha value is -3.35. The van der Waals surface area contributed by atoms with Crippen LogP contribution in [0.1, 0.15) is 31.4 Å². The molecule has 7 heteroatoms. The van der Waals surface area contributed by atoms with Crippen LogP contribution in [-0.4, -0.2) is 43.4 Å². The summed E-state index contributed by atoms with van der Waals surface area (Å²) in [5.41, 5.74) is 2.30. The smallest absolute Gasteiger partial charge is 0.325 e. The normalized spacial score (nSPS) is 18.3. The number of anilines is 2. The summed E-state index contributed by atoms with van der Waals surface area (Å²) < 4.78 is 0. The predicted molar refractivity (Wildman–Crippen MR) is 117 cm³/mol. The van der Waals surface area contributed by atoms with Gasteiger partial charge in [-0.2, -0.15) is 0 Å². The standard InChI is InChI=1S/C23H28N4O3/c1-5-6-16-7-9-17(10-8-16)23(2)21(29)27(22(30)25-23)15-20(28)24-18-11-13-19(14-12-18)26(3)4/h7-14H,5-6,15H2,1-4H3,(H,24,28)(H,25,30)/t23-/m1/s1. The van der Waals surface area contributed by atoms with E-state index in [1.165, 1.54) is 5.56 Å². The first-order chi connectivity index (χ1) is 14.2. The molecule has 0 aromatic heterocycles. The maximum atomic E-state index is 13.0. The molecule has 0 radical (unpaired) electrons. The zero-order valence-electron chi connectivity index (χ0n) is 17.9. The topological polar surface area (TPSA) is 81.8 Å². The first-order valence-corrected chi connectivity index (χ1v) is 10.1. The zero-order chi connectivity index (χ0) is 21.9. The number of urea groups is 1. The number of rotatable bonds is 7. The highest BCUT2D eigenvalue weighted by atomic mass is 16.2. The highest BCUT2D eigenvalue weighted by Gasteiger charge is 2.49. The zero-order valence-corrected chi connectivity index (χ0v) is 17.9. The molecule has 1 aliphatic heterocycles. The van der Waals surface area contributed by atoms with Crippen molar-refractivity contribution in [2.75, 3.05) is 30.9 Å². The molecule has 0 unspecified atom stereocenters. The van der Waals surface area contributed by atoms with Crippen molar-refractivity contribution in [2.45, 2.75) is 32.2 Å². The molecule has 2 aromatic carbocycles. The van der Waals surface area contributed by atoms with E-state index in [-0.39, 0.29) is 6.54 Å². The number of hydrogen-bond acceptors (Lipinski definition) is 4. The maximum absolute atomic E-state index is 13.0. The fraction of sp³-hybridized carbons (Fsp3) is 0.348. The molecule has 1 aliphatic rings. The fourth-order valence-electron chi connectivity index (χ4n) is 3.52. The van der Waals surface area contributed by atoms with Crippen LogP contribution in [0.5, 0.6) is 0 Å². The monoisotopic (exact) mass is 408 g/mol. The maximum Gasteiger partial charge on any atom is 0.325 e. The van der Waals surface area contributed by atoms with Gasteiger partial charge in [0.2, 0.25) is 5.91 Å². The molecule has 0 bridgehead atoms. The number of aryl methyl sites for hydroxylation is 1. The van der Waals surface area contributed by atoms with Crippen molar-refractivity contribution in [1.82, 2.24) is 10.2 Å². The van der Waals surface area contributed by atoms with E-state index in [2.05, 4.69) is 17.6 Å². The average Bonchev–Trinajstić information content (AvgIpc) is 2.93. The number of nitrogens with zero attached hydrogens (tertiary/aromatic N) is 2. The molecule has 7 nitrogen and oxygen atoms in total. The Bertz CT molecular complexity index is 938. The lowest BCUT2D eigenvalue weighted by Crippen LogP contribution is -2.42. The summed E-state index contributed by atoms with van der Waals surface area (Å²) in [5, 5.41) is 5.47. The number of benzene rings is 2. The van der Waals surface area contributed by atoms with Gasteiger partial charge in [0.1, 0.15) is 12.1 Å². The van der Waals surface area contributed by atoms with E-state index in [0.29, 0.717) is 11.3 Å². The van der Waals surface area contributed by atoms with Crippen LogP contribution < -0.4 is 15.5 Å². The Morgan fingerprint density at radius 2 is 1.70 bits per heavy atom. The van der Waals surface area contributed by atoms with E-state index in [0.717, 1.165) is 23.4 Å². The SMILES string of the molecule is CCCc1ccc([C@@]2(C)NC(=O)N(CC(=O)Nc3ccc(N(C)C)cc3)C2=O)cc1. The van der Waals surface area contributed by atoms with Gasteiger partial charge in [-0.25, -0.2) is 4.79 Å². The number of nitrogens with one attached hydrogen (secondary N) is 2. The molecule has 30 heavy (non-hydrogen) atoms. The summed E-state index contributed by atoms with van der Waals surface area (Å²) in [6.45, 7) is 3.43. The lowest BCUT2D eigenvalue weighted by molar-refractivity contribution is -0.133. The molecular formula is C23H28N4O3. The molecule has 0 spiro atoms. The quantitative estimate of drug-likeness (QED) is 0.690. The predicted octanol–water partition coefficient (Wildman–Crippen LogP) is 3.11. The van der Waals surface area contributed by atoms with Gasteiger partial charge >= 0.3 is 6.03 Å². The van der Waals surface area contributed by atoms with Crippen LogP contribution in [0.3, 0.4) is 0 Å². The van der Waals surface area contributed by atoms with Crippen LogP contribution in [0.2, 0.25) is 0 Å². The van der Waals surface area contributed by atoms with Crippen LogP contribution in [0.4, 0.5) is 16.2 Å². The van der Waals surface area contributed by atoms with Gasteiger partial charge in [0.15, 0.2) is 0 Å². The molecule has 2 N–H and O–H groups in total. The third-order valence-corrected chi connectivity index (χ3v) is 5.31. The number of imide groups is 1. The summed E-state index contributed by atoms with van der Waals surface area (Å²) in [7, 11) is 3.86. The van der Waals surface area contributed by atoms with Crippen molar-refractivity contribution < 1.29 is 14.4 Å². The van der Waals surface area contributed by atoms with Crippen molar-refractivity contribution in [1.29, 1.82) is 0 Å². The van der Waals surface area contributed by atoms with Crippen molar-refractivity contribution in [3.8, 4) is 0 Å². The minimum atomic E-state index is -1.19. The Labute approximate surface area is 177 Å². The van der Waals surface area contributed by atoms with Crippen LogP contribution >= 0.6 is 0 Å². The second-order valence-corrected chi connectivity index (χ2v) is 7.88. The summed E-state index contributed by atoms with van der Waals surface area (Å²) >= 11 is 0. The van der Waals surface area contributed by atoms with Gasteiger partial charge in [-0.15, -0.1) is 0 Å². The van der Waals surface area contributed by atoms with E-state index in [1.54, 1.807) is 19.1 Å². The van der Waals surface area contributed by atoms with Gasteiger partial charge in [0.05, 0.1) is 0 Å². The molecule has 3 rings (SSSR count). The minimum Gasteiger partial charge on any atom is -0.378 e. The van der Waals surface area contributed by atoms with Crippen molar-refractivity contribution in [3.63, 3.8) is 0 Å². The first-order valence-electron chi connectivity index (χ1n) is 10.1. The van der Waals surface area contributed by atoms with E-state index in [9.17, 15) is 14.4 Å². The number of hydrogen-bond donors (Lipinski definition) is 2. The molecule has 1 saturated heterocycles. The van der Waals surface area contributed by atoms with E-state index >= 15 is 0 Å². The molecular weight excluding hydrogens is 380 g/mol. The summed E-state index contributed by atoms with van der Waals surface area (Å²) in [5.74, 6) is -0.868. The van der Waals surface area contributed by atoms with Gasteiger partial charge < -0.3 is 15.5 Å². The van der Waals surface area contributed by atoms with Crippen LogP contribution in [0.25, 0.3) is 0 Å². The van der Waals surface area contributed by atoms with Gasteiger partial charge in [0, 0.05) is 25.5 Å². The summed E-state index contributed by atoms with van der Waals surface area (Å²) in [4.78, 5) is 40.8. The second kappa shape index (κ2) is 8.57. The molecule has 1 fully saturated rings. The number of amides is 4. The van der Waals surface area contributed by atoms with Crippen molar-refractivity contribution in [3.05, 3.63) is 59.7 Å². The third-order valence-electron chi connectivity index (χ3n) is 5.31. The van der Waals surface area contributed by atoms with Crippen molar-refractivity contribution in [2.24, 2.45) is 0 Å². The molecule has 0 aliphatic carbocycles. The van der Waals surface area contributed by atoms with Crippen LogP contribution in [0, 0.1) is 0 Å².